The van der Waals surface area contributed by atoms with Crippen LogP contribution in [0.3, 0.4) is 0 Å². The van der Waals surface area contributed by atoms with Crippen molar-refractivity contribution in [2.24, 2.45) is 5.73 Å². The molecule has 0 bridgehead atoms. The molecule has 0 aromatic heterocycles. The third-order valence-electron chi connectivity index (χ3n) is 10.3. The van der Waals surface area contributed by atoms with Gasteiger partial charge in [-0.05, 0) is 57.8 Å². The molecule has 4 N–H and O–H groups in total. The smallest absolute Gasteiger partial charge is 0.472 e. The molecule has 3 atom stereocenters. The van der Waals surface area contributed by atoms with Gasteiger partial charge in [0, 0.05) is 12.8 Å². The summed E-state index contributed by atoms with van der Waals surface area (Å²) in [5, 5.41) is 8.91. The lowest BCUT2D eigenvalue weighted by molar-refractivity contribution is -0.161. The first-order chi connectivity index (χ1) is 30.1. The normalized spacial score (nSPS) is 14.1. The van der Waals surface area contributed by atoms with Gasteiger partial charge in [-0.25, -0.2) is 4.57 Å². The molecule has 0 aliphatic rings. The summed E-state index contributed by atoms with van der Waals surface area (Å²) in [7, 11) is -4.73. The van der Waals surface area contributed by atoms with Crippen molar-refractivity contribution in [1.29, 1.82) is 0 Å². The highest BCUT2D eigenvalue weighted by molar-refractivity contribution is 7.47. The summed E-state index contributed by atoms with van der Waals surface area (Å²) in [5.41, 5.74) is 5.34. The van der Waals surface area contributed by atoms with Crippen molar-refractivity contribution in [2.45, 2.75) is 219 Å². The van der Waals surface area contributed by atoms with Crippen molar-refractivity contribution < 1.29 is 47.5 Å². The van der Waals surface area contributed by atoms with Crippen LogP contribution in [0.1, 0.15) is 206 Å². The maximum atomic E-state index is 12.7. The van der Waals surface area contributed by atoms with E-state index in [2.05, 4.69) is 79.1 Å². The zero-order chi connectivity index (χ0) is 45.6. The Morgan fingerprint density at radius 2 is 0.903 bits per heavy atom. The number of ether oxygens (including phenoxy) is 2. The van der Waals surface area contributed by atoms with E-state index in [1.165, 1.54) is 96.3 Å². The summed E-state index contributed by atoms with van der Waals surface area (Å²) in [6, 6.07) is -1.53. The number of carbonyl (C=O) groups excluding carboxylic acids is 2. The molecular weight excluding hydrogens is 806 g/mol. The molecule has 62 heavy (non-hydrogen) atoms. The number of esters is 2. The Morgan fingerprint density at radius 3 is 1.35 bits per heavy atom. The molecule has 0 heterocycles. The highest BCUT2D eigenvalue weighted by Crippen LogP contribution is 2.43. The van der Waals surface area contributed by atoms with Crippen LogP contribution < -0.4 is 5.73 Å². The predicted molar refractivity (Wildman–Crippen MR) is 254 cm³/mol. The second kappa shape index (κ2) is 44.8. The summed E-state index contributed by atoms with van der Waals surface area (Å²) in [5.74, 6) is -2.42. The largest absolute Gasteiger partial charge is 0.480 e. The van der Waals surface area contributed by atoms with E-state index in [1.807, 2.05) is 0 Å². The molecule has 0 spiro atoms. The number of nitrogens with two attached hydrogens (primary N) is 1. The number of allylic oxidation sites excluding steroid dienone is 10. The molecule has 0 aromatic carbocycles. The average Bonchev–Trinajstić information content (AvgIpc) is 3.25. The monoisotopic (exact) mass is 894 g/mol. The number of aliphatic carboxylic acids is 1. The van der Waals surface area contributed by atoms with Crippen LogP contribution in [0.4, 0.5) is 0 Å². The van der Waals surface area contributed by atoms with Crippen LogP contribution in [0.15, 0.2) is 60.8 Å². The van der Waals surface area contributed by atoms with Gasteiger partial charge in [-0.3, -0.25) is 23.4 Å². The average molecular weight is 894 g/mol. The van der Waals surface area contributed by atoms with E-state index in [9.17, 15) is 23.8 Å². The molecular formula is C50H88NO10P. The van der Waals surface area contributed by atoms with Crippen LogP contribution >= 0.6 is 7.82 Å². The number of phosphoric ester groups is 1. The molecule has 0 saturated carbocycles. The zero-order valence-electron chi connectivity index (χ0n) is 38.9. The third-order valence-corrected chi connectivity index (χ3v) is 11.2. The number of rotatable bonds is 45. The van der Waals surface area contributed by atoms with Crippen LogP contribution in [-0.4, -0.2) is 59.9 Å². The topological polar surface area (TPSA) is 172 Å². The van der Waals surface area contributed by atoms with Crippen LogP contribution in [-0.2, 0) is 37.5 Å². The molecule has 0 aromatic rings. The maximum absolute atomic E-state index is 12.7. The van der Waals surface area contributed by atoms with Crippen LogP contribution in [0.5, 0.6) is 0 Å². The van der Waals surface area contributed by atoms with E-state index in [0.717, 1.165) is 70.6 Å². The Balaban J connectivity index is 4.34. The van der Waals surface area contributed by atoms with Crippen molar-refractivity contribution in [2.75, 3.05) is 19.8 Å². The highest BCUT2D eigenvalue weighted by Gasteiger charge is 2.28. The van der Waals surface area contributed by atoms with E-state index < -0.39 is 51.1 Å². The van der Waals surface area contributed by atoms with E-state index in [-0.39, 0.29) is 19.4 Å². The fourth-order valence-corrected chi connectivity index (χ4v) is 7.28. The molecule has 0 rings (SSSR count). The summed E-state index contributed by atoms with van der Waals surface area (Å²) in [6.07, 6.45) is 52.8. The minimum absolute atomic E-state index is 0.121. The number of unbranched alkanes of at least 4 members (excludes halogenated alkanes) is 21. The van der Waals surface area contributed by atoms with E-state index >= 15 is 0 Å². The first-order valence-electron chi connectivity index (χ1n) is 24.3. The Bertz CT molecular complexity index is 1280. The zero-order valence-corrected chi connectivity index (χ0v) is 39.8. The number of hydrogen-bond donors (Lipinski definition) is 3. The highest BCUT2D eigenvalue weighted by atomic mass is 31.2. The van der Waals surface area contributed by atoms with Gasteiger partial charge in [-0.15, -0.1) is 0 Å². The van der Waals surface area contributed by atoms with Crippen LogP contribution in [0.25, 0.3) is 0 Å². The molecule has 358 valence electrons. The van der Waals surface area contributed by atoms with Gasteiger partial charge in [-0.1, -0.05) is 197 Å². The Kier molecular flexibility index (Phi) is 42.7. The van der Waals surface area contributed by atoms with Gasteiger partial charge in [-0.2, -0.15) is 0 Å². The van der Waals surface area contributed by atoms with Crippen molar-refractivity contribution in [3.8, 4) is 0 Å². The summed E-state index contributed by atoms with van der Waals surface area (Å²) in [6.45, 7) is 2.68. The number of phosphoric acid groups is 1. The molecule has 0 radical (unpaired) electrons. The molecule has 0 amide bonds. The van der Waals surface area contributed by atoms with E-state index in [0.29, 0.717) is 12.8 Å². The van der Waals surface area contributed by atoms with Crippen molar-refractivity contribution in [3.05, 3.63) is 60.8 Å². The molecule has 0 fully saturated rings. The first-order valence-corrected chi connectivity index (χ1v) is 25.8. The van der Waals surface area contributed by atoms with Crippen molar-refractivity contribution >= 4 is 25.7 Å². The SMILES string of the molecule is CC/C=C/C/C=C/C/C=C/C/C=C/C/C=C/CCCCCC(=O)O[C@H](COC(=O)CCCCCCCCCCCCCCCCCCCCC)COP(=O)(O)OC[C@H](N)C(=O)O. The Morgan fingerprint density at radius 1 is 0.516 bits per heavy atom. The molecule has 0 aliphatic carbocycles. The van der Waals surface area contributed by atoms with Gasteiger partial charge in [0.2, 0.25) is 0 Å². The van der Waals surface area contributed by atoms with Gasteiger partial charge in [0.1, 0.15) is 12.6 Å². The third kappa shape index (κ3) is 43.8. The van der Waals surface area contributed by atoms with Crippen molar-refractivity contribution in [1.82, 2.24) is 0 Å². The van der Waals surface area contributed by atoms with E-state index in [1.54, 1.807) is 0 Å². The maximum Gasteiger partial charge on any atom is 0.472 e. The molecule has 11 nitrogen and oxygen atoms in total. The summed E-state index contributed by atoms with van der Waals surface area (Å²) >= 11 is 0. The van der Waals surface area contributed by atoms with Crippen molar-refractivity contribution in [3.63, 3.8) is 0 Å². The van der Waals surface area contributed by atoms with Crippen LogP contribution in [0, 0.1) is 0 Å². The molecule has 0 aliphatic heterocycles. The molecule has 12 heteroatoms. The summed E-state index contributed by atoms with van der Waals surface area (Å²) in [4.78, 5) is 46.1. The first kappa shape index (κ1) is 59.2. The van der Waals surface area contributed by atoms with Gasteiger partial charge >= 0.3 is 25.7 Å². The van der Waals surface area contributed by atoms with Gasteiger partial charge < -0.3 is 25.2 Å². The van der Waals surface area contributed by atoms with Crippen LogP contribution in [0.2, 0.25) is 0 Å². The minimum Gasteiger partial charge on any atom is -0.480 e. The molecule has 0 saturated heterocycles. The Hall–Kier alpha value is -2.82. The van der Waals surface area contributed by atoms with Gasteiger partial charge in [0.15, 0.2) is 6.10 Å². The number of hydrogen-bond acceptors (Lipinski definition) is 9. The predicted octanol–water partition coefficient (Wildman–Crippen LogP) is 13.5. The van der Waals surface area contributed by atoms with Gasteiger partial charge in [0.05, 0.1) is 13.2 Å². The minimum atomic E-state index is -4.73. The lowest BCUT2D eigenvalue weighted by Crippen LogP contribution is -2.34. The van der Waals surface area contributed by atoms with E-state index in [4.69, 9.17) is 24.8 Å². The number of carbonyl (C=O) groups is 3. The lowest BCUT2D eigenvalue weighted by atomic mass is 10.0. The standard InChI is InChI=1S/C50H88NO10P/c1-3-5-7-9-11-13-15-17-19-21-23-25-27-29-31-33-35-37-39-41-48(52)58-43-46(44-59-62(56,57)60-45-47(51)50(54)55)61-49(53)42-40-38-36-34-32-30-28-26-24-22-20-18-16-14-12-10-8-6-4-2/h6,8,12,14,18,20,24,26,30,32,46-47H,3-5,7,9-11,13,15-17,19,21-23,25,27-29,31,33-45,51H2,1-2H3,(H,54,55)(H,56,57)/b8-6+,14-12+,20-18+,26-24+,32-30+/t46-,47+/m1/s1. The second-order valence-electron chi connectivity index (χ2n) is 16.2. The second-order valence-corrected chi connectivity index (χ2v) is 17.7. The molecule has 1 unspecified atom stereocenters. The number of carboxylic acids is 1. The fourth-order valence-electron chi connectivity index (χ4n) is 6.50. The lowest BCUT2D eigenvalue weighted by Gasteiger charge is -2.20. The van der Waals surface area contributed by atoms with Gasteiger partial charge in [0.25, 0.3) is 0 Å². The number of carboxylic acid groups (broad SMARTS) is 1. The summed E-state index contributed by atoms with van der Waals surface area (Å²) < 4.78 is 32.8. The quantitative estimate of drug-likeness (QED) is 0.0230. The Labute approximate surface area is 377 Å². The fraction of sp³-hybridized carbons (Fsp3) is 0.740.